The van der Waals surface area contributed by atoms with Crippen LogP contribution in [0.25, 0.3) is 0 Å². The van der Waals surface area contributed by atoms with Gasteiger partial charge in [-0.25, -0.2) is 15.2 Å². The molecular formula is C6H9N5O3. The normalized spacial score (nSPS) is 9.21. The predicted molar refractivity (Wildman–Crippen MR) is 46.3 cm³/mol. The van der Waals surface area contributed by atoms with Crippen molar-refractivity contribution in [1.29, 1.82) is 0 Å². The Bertz CT molecular complexity index is 347. The number of amides is 2. The van der Waals surface area contributed by atoms with Crippen LogP contribution in [0.4, 0.5) is 10.6 Å². The first-order chi connectivity index (χ1) is 6.65. The van der Waals surface area contributed by atoms with E-state index in [0.717, 1.165) is 0 Å². The zero-order valence-corrected chi connectivity index (χ0v) is 7.33. The molecule has 14 heavy (non-hydrogen) atoms. The van der Waals surface area contributed by atoms with Gasteiger partial charge in [-0.05, 0) is 0 Å². The molecule has 0 aliphatic rings. The monoisotopic (exact) mass is 199 g/mol. The van der Waals surface area contributed by atoms with Gasteiger partial charge in [0.05, 0.1) is 13.4 Å². The van der Waals surface area contributed by atoms with Crippen LogP contribution in [-0.2, 0) is 4.74 Å². The van der Waals surface area contributed by atoms with Gasteiger partial charge in [0.1, 0.15) is 5.69 Å². The predicted octanol–water partition coefficient (Wildman–Crippen LogP) is -0.808. The third-order valence-electron chi connectivity index (χ3n) is 1.35. The topological polar surface area (TPSA) is 122 Å². The number of rotatable bonds is 3. The number of aromatic amines is 1. The lowest BCUT2D eigenvalue weighted by Gasteiger charge is -2.04. The molecule has 0 saturated heterocycles. The summed E-state index contributed by atoms with van der Waals surface area (Å²) in [6, 6.07) is 0. The molecule has 0 saturated carbocycles. The number of methoxy groups -OCH3 is 1. The minimum absolute atomic E-state index is 0.0707. The highest BCUT2D eigenvalue weighted by atomic mass is 16.5. The number of nitrogens with zero attached hydrogens (tertiary/aromatic N) is 1. The molecule has 1 rings (SSSR count). The Balaban J connectivity index is 2.63. The average Bonchev–Trinajstić information content (AvgIpc) is 2.62. The number of anilines is 1. The summed E-state index contributed by atoms with van der Waals surface area (Å²) in [6.45, 7) is 0. The summed E-state index contributed by atoms with van der Waals surface area (Å²) in [5.41, 5.74) is 9.56. The Morgan fingerprint density at radius 1 is 1.64 bits per heavy atom. The molecule has 2 amide bonds. The minimum atomic E-state index is -0.705. The van der Waals surface area contributed by atoms with Crippen molar-refractivity contribution in [3.63, 3.8) is 0 Å². The van der Waals surface area contributed by atoms with Gasteiger partial charge in [-0.3, -0.25) is 10.2 Å². The number of H-pyrrole nitrogens is 1. The number of carbonyl (C=O) groups excluding carboxylic acids is 2. The van der Waals surface area contributed by atoms with E-state index in [1.807, 2.05) is 0 Å². The van der Waals surface area contributed by atoms with E-state index in [9.17, 15) is 9.59 Å². The lowest BCUT2D eigenvalue weighted by Crippen LogP contribution is -2.30. The van der Waals surface area contributed by atoms with Crippen LogP contribution in [0.5, 0.6) is 0 Å². The zero-order chi connectivity index (χ0) is 10.6. The first-order valence-corrected chi connectivity index (χ1v) is 3.58. The number of ether oxygens (including phenoxy) is 1. The Morgan fingerprint density at radius 3 is 2.93 bits per heavy atom. The molecule has 76 valence electrons. The van der Waals surface area contributed by atoms with E-state index in [2.05, 4.69) is 25.6 Å². The molecule has 1 heterocycles. The Labute approximate surface area is 78.8 Å². The van der Waals surface area contributed by atoms with Gasteiger partial charge in [0, 0.05) is 0 Å². The van der Waals surface area contributed by atoms with Crippen molar-refractivity contribution < 1.29 is 14.3 Å². The molecule has 0 spiro atoms. The van der Waals surface area contributed by atoms with Crippen molar-refractivity contribution in [2.24, 2.45) is 5.73 Å². The molecule has 0 aliphatic heterocycles. The largest absolute Gasteiger partial charge is 0.452 e. The van der Waals surface area contributed by atoms with E-state index in [1.54, 1.807) is 0 Å². The Morgan fingerprint density at radius 2 is 2.36 bits per heavy atom. The number of hydrogen-bond acceptors (Lipinski definition) is 5. The van der Waals surface area contributed by atoms with Crippen molar-refractivity contribution in [2.45, 2.75) is 0 Å². The van der Waals surface area contributed by atoms with Gasteiger partial charge in [-0.1, -0.05) is 0 Å². The van der Waals surface area contributed by atoms with Crippen molar-refractivity contribution in [2.75, 3.05) is 12.5 Å². The third kappa shape index (κ3) is 2.12. The number of imidazole rings is 1. The molecule has 5 N–H and O–H groups in total. The molecule has 1 aromatic rings. The van der Waals surface area contributed by atoms with Gasteiger partial charge in [0.15, 0.2) is 5.82 Å². The van der Waals surface area contributed by atoms with E-state index in [4.69, 9.17) is 5.73 Å². The highest BCUT2D eigenvalue weighted by Gasteiger charge is 2.10. The van der Waals surface area contributed by atoms with Crippen LogP contribution in [0.2, 0.25) is 0 Å². The maximum Gasteiger partial charge on any atom is 0.425 e. The van der Waals surface area contributed by atoms with Gasteiger partial charge in [0.2, 0.25) is 0 Å². The van der Waals surface area contributed by atoms with E-state index < -0.39 is 12.0 Å². The maximum absolute atomic E-state index is 10.8. The van der Waals surface area contributed by atoms with Crippen molar-refractivity contribution in [1.82, 2.24) is 15.4 Å². The second kappa shape index (κ2) is 4.12. The average molecular weight is 199 g/mol. The number of nitrogens with two attached hydrogens (primary N) is 1. The zero-order valence-electron chi connectivity index (χ0n) is 7.33. The SMILES string of the molecule is COC(=O)NNc1nc[nH]c1C(N)=O. The molecule has 1 aromatic heterocycles. The summed E-state index contributed by atoms with van der Waals surface area (Å²) in [4.78, 5) is 27.6. The van der Waals surface area contributed by atoms with Gasteiger partial charge in [-0.15, -0.1) is 0 Å². The second-order valence-corrected chi connectivity index (χ2v) is 2.23. The smallest absolute Gasteiger partial charge is 0.425 e. The minimum Gasteiger partial charge on any atom is -0.452 e. The fourth-order valence-electron chi connectivity index (χ4n) is 0.738. The number of aromatic nitrogens is 2. The first-order valence-electron chi connectivity index (χ1n) is 3.58. The molecule has 0 radical (unpaired) electrons. The van der Waals surface area contributed by atoms with Crippen molar-refractivity contribution in [3.05, 3.63) is 12.0 Å². The van der Waals surface area contributed by atoms with Crippen LogP contribution in [0.1, 0.15) is 10.5 Å². The van der Waals surface area contributed by atoms with Gasteiger partial charge in [0.25, 0.3) is 5.91 Å². The molecule has 0 atom stereocenters. The fraction of sp³-hybridized carbons (Fsp3) is 0.167. The second-order valence-electron chi connectivity index (χ2n) is 2.23. The molecule has 0 aromatic carbocycles. The fourth-order valence-corrected chi connectivity index (χ4v) is 0.738. The Hall–Kier alpha value is -2.25. The summed E-state index contributed by atoms with van der Waals surface area (Å²) in [7, 11) is 1.20. The highest BCUT2D eigenvalue weighted by Crippen LogP contribution is 2.06. The number of carbonyl (C=O) groups is 2. The summed E-state index contributed by atoms with van der Waals surface area (Å²) in [5, 5.41) is 0. The van der Waals surface area contributed by atoms with Crippen LogP contribution < -0.4 is 16.6 Å². The summed E-state index contributed by atoms with van der Waals surface area (Å²) < 4.78 is 4.28. The molecule has 0 aliphatic carbocycles. The summed E-state index contributed by atoms with van der Waals surface area (Å²) >= 11 is 0. The quantitative estimate of drug-likeness (QED) is 0.474. The molecule has 8 heteroatoms. The lowest BCUT2D eigenvalue weighted by molar-refractivity contribution is 0.0996. The van der Waals surface area contributed by atoms with Gasteiger partial charge >= 0.3 is 6.09 Å². The van der Waals surface area contributed by atoms with E-state index in [0.29, 0.717) is 0 Å². The van der Waals surface area contributed by atoms with E-state index in [-0.39, 0.29) is 11.5 Å². The van der Waals surface area contributed by atoms with Crippen molar-refractivity contribution >= 4 is 17.8 Å². The Kier molecular flexibility index (Phi) is 2.89. The molecule has 0 unspecified atom stereocenters. The molecule has 8 nitrogen and oxygen atoms in total. The molecule has 0 bridgehead atoms. The molecular weight excluding hydrogens is 190 g/mol. The van der Waals surface area contributed by atoms with Gasteiger partial charge in [-0.2, -0.15) is 0 Å². The number of hydrazine groups is 1. The lowest BCUT2D eigenvalue weighted by atomic mass is 10.4. The van der Waals surface area contributed by atoms with Gasteiger partial charge < -0.3 is 15.5 Å². The first kappa shape index (κ1) is 9.84. The number of primary amides is 1. The van der Waals surface area contributed by atoms with Crippen LogP contribution in [0, 0.1) is 0 Å². The van der Waals surface area contributed by atoms with Crippen molar-refractivity contribution in [3.8, 4) is 0 Å². The number of nitrogens with one attached hydrogen (secondary N) is 3. The van der Waals surface area contributed by atoms with Crippen LogP contribution >= 0.6 is 0 Å². The standard InChI is InChI=1S/C6H9N5O3/c1-14-6(13)11-10-5-3(4(7)12)8-2-9-5/h2,10H,1H3,(H2,7,12)(H,8,9)(H,11,13). The summed E-state index contributed by atoms with van der Waals surface area (Å²) in [5.74, 6) is -0.556. The van der Waals surface area contributed by atoms with Crippen LogP contribution in [0.3, 0.4) is 0 Å². The highest BCUT2D eigenvalue weighted by molar-refractivity contribution is 5.95. The third-order valence-corrected chi connectivity index (χ3v) is 1.35. The maximum atomic E-state index is 10.8. The van der Waals surface area contributed by atoms with E-state index >= 15 is 0 Å². The summed E-state index contributed by atoms with van der Waals surface area (Å²) in [6.07, 6.45) is 0.560. The van der Waals surface area contributed by atoms with Crippen LogP contribution in [0.15, 0.2) is 6.33 Å². The molecule has 0 fully saturated rings. The van der Waals surface area contributed by atoms with Crippen LogP contribution in [-0.4, -0.2) is 29.1 Å². The van der Waals surface area contributed by atoms with E-state index in [1.165, 1.54) is 13.4 Å². The number of hydrogen-bond donors (Lipinski definition) is 4.